The lowest BCUT2D eigenvalue weighted by atomic mass is 9.93. The Morgan fingerprint density at radius 2 is 1.89 bits per heavy atom. The number of carbonyl (C=O) groups is 1. The highest BCUT2D eigenvalue weighted by molar-refractivity contribution is 6.31. The van der Waals surface area contributed by atoms with E-state index in [0.29, 0.717) is 39.3 Å². The van der Waals surface area contributed by atoms with Gasteiger partial charge in [-0.25, -0.2) is 4.39 Å². The maximum atomic E-state index is 14.3. The normalized spacial score (nSPS) is 12.4. The van der Waals surface area contributed by atoms with Gasteiger partial charge in [-0.15, -0.1) is 0 Å². The number of carbonyl (C=O) groups excluding carboxylic acids is 1. The lowest BCUT2D eigenvalue weighted by Gasteiger charge is -2.28. The van der Waals surface area contributed by atoms with Crippen LogP contribution in [0.25, 0.3) is 0 Å². The third-order valence-electron chi connectivity index (χ3n) is 6.31. The number of aryl methyl sites for hydroxylation is 1. The van der Waals surface area contributed by atoms with Crippen molar-refractivity contribution in [3.63, 3.8) is 0 Å². The summed E-state index contributed by atoms with van der Waals surface area (Å²) in [6, 6.07) is 15.3. The molecule has 0 unspecified atom stereocenters. The number of aromatic hydroxyl groups is 1. The number of phenols is 1. The van der Waals surface area contributed by atoms with Crippen LogP contribution in [0.1, 0.15) is 58.1 Å². The molecule has 3 aromatic rings. The summed E-state index contributed by atoms with van der Waals surface area (Å²) < 4.78 is 14.3. The van der Waals surface area contributed by atoms with Crippen LogP contribution in [0.5, 0.6) is 5.75 Å². The minimum absolute atomic E-state index is 0.0122. The first-order valence-corrected chi connectivity index (χ1v) is 12.5. The monoisotopic (exact) mass is 528 g/mol. The molecular weight excluding hydrogens is 495 g/mol. The Kier molecular flexibility index (Phi) is 9.68. The van der Waals surface area contributed by atoms with Gasteiger partial charge in [-0.2, -0.15) is 0 Å². The highest BCUT2D eigenvalue weighted by Crippen LogP contribution is 2.24. The van der Waals surface area contributed by atoms with E-state index in [9.17, 15) is 24.5 Å². The molecule has 0 radical (unpaired) electrons. The van der Waals surface area contributed by atoms with Crippen LogP contribution in [0, 0.1) is 12.7 Å². The van der Waals surface area contributed by atoms with Crippen molar-refractivity contribution in [2.75, 3.05) is 13.1 Å². The summed E-state index contributed by atoms with van der Waals surface area (Å²) in [7, 11) is 0. The van der Waals surface area contributed by atoms with Crippen LogP contribution in [-0.4, -0.2) is 39.9 Å². The summed E-state index contributed by atoms with van der Waals surface area (Å²) in [5.74, 6) is -0.608. The largest absolute Gasteiger partial charge is 0.508 e. The molecule has 198 valence electrons. The molecular formula is C29H34ClFN2O4. The highest BCUT2D eigenvalue weighted by Gasteiger charge is 2.21. The van der Waals surface area contributed by atoms with Gasteiger partial charge in [-0.1, -0.05) is 35.9 Å². The van der Waals surface area contributed by atoms with E-state index in [4.69, 9.17) is 11.6 Å². The molecule has 0 saturated heterocycles. The number of hydrogen-bond acceptors (Lipinski definition) is 5. The van der Waals surface area contributed by atoms with E-state index in [-0.39, 0.29) is 43.6 Å². The van der Waals surface area contributed by atoms with Gasteiger partial charge in [-0.3, -0.25) is 4.79 Å². The predicted octanol–water partition coefficient (Wildman–Crippen LogP) is 4.60. The van der Waals surface area contributed by atoms with E-state index in [2.05, 4.69) is 10.6 Å². The number of nitrogens with one attached hydrogen (secondary N) is 2. The minimum atomic E-state index is -0.825. The molecule has 0 heterocycles. The Hall–Kier alpha value is -2.97. The molecule has 0 saturated carbocycles. The Morgan fingerprint density at radius 1 is 1.14 bits per heavy atom. The smallest absolute Gasteiger partial charge is 0.251 e. The predicted molar refractivity (Wildman–Crippen MR) is 143 cm³/mol. The number of aliphatic hydroxyl groups is 2. The molecule has 0 spiro atoms. The van der Waals surface area contributed by atoms with Gasteiger partial charge >= 0.3 is 0 Å². The number of amides is 1. The number of β-amino-alcohol motifs (C(OH)–C–C–N with tert-alkyl or cyclic N) is 1. The van der Waals surface area contributed by atoms with Gasteiger partial charge in [-0.05, 0) is 80.6 Å². The summed E-state index contributed by atoms with van der Waals surface area (Å²) in [5, 5.41) is 36.2. The second-order valence-electron chi connectivity index (χ2n) is 9.87. The summed E-state index contributed by atoms with van der Waals surface area (Å²) in [6.07, 6.45) is 0.0642. The van der Waals surface area contributed by atoms with Crippen LogP contribution >= 0.6 is 11.6 Å². The third-order valence-corrected chi connectivity index (χ3v) is 6.66. The first-order valence-electron chi connectivity index (χ1n) is 12.2. The molecule has 5 N–H and O–H groups in total. The molecule has 0 bridgehead atoms. The molecule has 6 nitrogen and oxygen atoms in total. The van der Waals surface area contributed by atoms with Crippen molar-refractivity contribution >= 4 is 17.5 Å². The molecule has 0 fully saturated rings. The van der Waals surface area contributed by atoms with E-state index in [1.54, 1.807) is 37.3 Å². The number of benzene rings is 3. The topological polar surface area (TPSA) is 102 Å². The van der Waals surface area contributed by atoms with E-state index in [1.165, 1.54) is 6.07 Å². The molecule has 0 aliphatic rings. The summed E-state index contributed by atoms with van der Waals surface area (Å²) in [5.41, 5.74) is 2.91. The Labute approximate surface area is 222 Å². The molecule has 3 rings (SSSR count). The third kappa shape index (κ3) is 7.76. The van der Waals surface area contributed by atoms with Crippen molar-refractivity contribution in [3.8, 4) is 5.75 Å². The summed E-state index contributed by atoms with van der Waals surface area (Å²) >= 11 is 6.12. The standard InChI is InChI=1S/C29H34ClFN2O4/c1-18-7-9-24(30)23(27(18)31)11-12-32-28(37)21-6-4-5-19(13-21)15-29(2,3)33-16-26(36)20-8-10-25(35)22(14-20)17-34/h4-10,13-14,26,33-36H,11-12,15-17H2,1-3H3,(H,32,37)/t26-/m1/s1. The van der Waals surface area contributed by atoms with E-state index in [1.807, 2.05) is 32.0 Å². The minimum Gasteiger partial charge on any atom is -0.508 e. The fraction of sp³-hybridized carbons (Fsp3) is 0.345. The average Bonchev–Trinajstić information content (AvgIpc) is 2.87. The number of halogens is 2. The molecule has 37 heavy (non-hydrogen) atoms. The Bertz CT molecular complexity index is 1250. The molecule has 8 heteroatoms. The van der Waals surface area contributed by atoms with Gasteiger partial charge in [0.2, 0.25) is 0 Å². The van der Waals surface area contributed by atoms with Crippen LogP contribution in [0.3, 0.4) is 0 Å². The molecule has 0 aliphatic heterocycles. The summed E-state index contributed by atoms with van der Waals surface area (Å²) in [4.78, 5) is 12.7. The van der Waals surface area contributed by atoms with Crippen molar-refractivity contribution in [1.82, 2.24) is 10.6 Å². The maximum Gasteiger partial charge on any atom is 0.251 e. The average molecular weight is 529 g/mol. The lowest BCUT2D eigenvalue weighted by Crippen LogP contribution is -2.43. The fourth-order valence-electron chi connectivity index (χ4n) is 4.17. The number of rotatable bonds is 11. The van der Waals surface area contributed by atoms with Crippen molar-refractivity contribution < 1.29 is 24.5 Å². The quantitative estimate of drug-likeness (QED) is 0.250. The SMILES string of the molecule is Cc1ccc(Cl)c(CCNC(=O)c2cccc(CC(C)(C)NC[C@@H](O)c3ccc(O)c(CO)c3)c2)c1F. The highest BCUT2D eigenvalue weighted by atomic mass is 35.5. The van der Waals surface area contributed by atoms with Crippen LogP contribution < -0.4 is 10.6 Å². The van der Waals surface area contributed by atoms with Crippen LogP contribution in [0.4, 0.5) is 4.39 Å². The van der Waals surface area contributed by atoms with Gasteiger partial charge in [0.05, 0.1) is 12.7 Å². The van der Waals surface area contributed by atoms with E-state index < -0.39 is 11.6 Å². The van der Waals surface area contributed by atoms with Crippen LogP contribution in [0.15, 0.2) is 54.6 Å². The van der Waals surface area contributed by atoms with Crippen molar-refractivity contribution in [3.05, 3.63) is 98.8 Å². The van der Waals surface area contributed by atoms with Gasteiger partial charge < -0.3 is 26.0 Å². The van der Waals surface area contributed by atoms with Crippen LogP contribution in [-0.2, 0) is 19.4 Å². The molecule has 1 amide bonds. The number of aliphatic hydroxyl groups excluding tert-OH is 2. The Balaban J connectivity index is 1.56. The fourth-order valence-corrected chi connectivity index (χ4v) is 4.41. The van der Waals surface area contributed by atoms with Crippen LogP contribution in [0.2, 0.25) is 5.02 Å². The van der Waals surface area contributed by atoms with Crippen molar-refractivity contribution in [2.24, 2.45) is 0 Å². The first-order chi connectivity index (χ1) is 17.5. The Morgan fingerprint density at radius 3 is 2.62 bits per heavy atom. The zero-order valence-electron chi connectivity index (χ0n) is 21.3. The molecule has 1 atom stereocenters. The molecule has 0 aromatic heterocycles. The molecule has 3 aromatic carbocycles. The zero-order chi connectivity index (χ0) is 27.2. The van der Waals surface area contributed by atoms with Gasteiger partial charge in [0.15, 0.2) is 0 Å². The second kappa shape index (κ2) is 12.5. The van der Waals surface area contributed by atoms with Crippen molar-refractivity contribution in [2.45, 2.75) is 51.9 Å². The van der Waals surface area contributed by atoms with Gasteiger partial charge in [0.25, 0.3) is 5.91 Å². The van der Waals surface area contributed by atoms with Gasteiger partial charge in [0, 0.05) is 40.3 Å². The number of hydrogen-bond donors (Lipinski definition) is 5. The second-order valence-corrected chi connectivity index (χ2v) is 10.3. The summed E-state index contributed by atoms with van der Waals surface area (Å²) in [6.45, 7) is 5.89. The lowest BCUT2D eigenvalue weighted by molar-refractivity contribution is 0.0954. The van der Waals surface area contributed by atoms with E-state index >= 15 is 0 Å². The van der Waals surface area contributed by atoms with Gasteiger partial charge in [0.1, 0.15) is 11.6 Å². The maximum absolute atomic E-state index is 14.3. The first kappa shape index (κ1) is 28.6. The zero-order valence-corrected chi connectivity index (χ0v) is 22.1. The van der Waals surface area contributed by atoms with E-state index in [0.717, 1.165) is 5.56 Å². The van der Waals surface area contributed by atoms with Crippen molar-refractivity contribution in [1.29, 1.82) is 0 Å². The molecule has 0 aliphatic carbocycles.